The van der Waals surface area contributed by atoms with E-state index in [1.807, 2.05) is 36.5 Å². The maximum absolute atomic E-state index is 9.94. The van der Waals surface area contributed by atoms with Gasteiger partial charge >= 0.3 is 0 Å². The number of hydrogen-bond acceptors (Lipinski definition) is 1. The fourth-order valence-electron chi connectivity index (χ4n) is 2.54. The molecule has 1 aromatic heterocycles. The summed E-state index contributed by atoms with van der Waals surface area (Å²) in [7, 11) is 0. The van der Waals surface area contributed by atoms with Gasteiger partial charge in [0.05, 0.1) is 16.8 Å². The summed E-state index contributed by atoms with van der Waals surface area (Å²) in [6.07, 6.45) is 4.58. The van der Waals surface area contributed by atoms with Crippen LogP contribution in [0.4, 0.5) is 0 Å². The van der Waals surface area contributed by atoms with E-state index in [4.69, 9.17) is 11.6 Å². The van der Waals surface area contributed by atoms with E-state index < -0.39 is 0 Å². The maximum atomic E-state index is 9.94. The van der Waals surface area contributed by atoms with Gasteiger partial charge < -0.3 is 9.67 Å². The van der Waals surface area contributed by atoms with Gasteiger partial charge in [-0.15, -0.1) is 0 Å². The molecule has 0 spiro atoms. The first kappa shape index (κ1) is 10.9. The molecule has 1 aliphatic rings. The molecule has 0 amide bonds. The molecule has 2 nitrogen and oxygen atoms in total. The molecule has 0 fully saturated rings. The lowest BCUT2D eigenvalue weighted by Gasteiger charge is -2.20. The molecule has 1 aromatic carbocycles. The van der Waals surface area contributed by atoms with Crippen molar-refractivity contribution in [3.8, 4) is 5.69 Å². The zero-order valence-electron chi connectivity index (χ0n) is 9.44. The number of aliphatic hydroxyl groups is 1. The van der Waals surface area contributed by atoms with Gasteiger partial charge in [0, 0.05) is 17.5 Å². The highest BCUT2D eigenvalue weighted by Crippen LogP contribution is 2.33. The lowest BCUT2D eigenvalue weighted by atomic mass is 9.95. The van der Waals surface area contributed by atoms with Crippen LogP contribution in [0, 0.1) is 0 Å². The van der Waals surface area contributed by atoms with Gasteiger partial charge in [0.1, 0.15) is 0 Å². The van der Waals surface area contributed by atoms with Crippen LogP contribution in [0.5, 0.6) is 0 Å². The van der Waals surface area contributed by atoms with Crippen molar-refractivity contribution in [2.45, 2.75) is 25.4 Å². The van der Waals surface area contributed by atoms with E-state index in [1.54, 1.807) is 0 Å². The number of rotatable bonds is 1. The molecule has 17 heavy (non-hydrogen) atoms. The average molecular weight is 248 g/mol. The summed E-state index contributed by atoms with van der Waals surface area (Å²) in [5.41, 5.74) is 3.23. The Balaban J connectivity index is 2.14. The summed E-state index contributed by atoms with van der Waals surface area (Å²) >= 11 is 6.21. The maximum Gasteiger partial charge on any atom is 0.0807 e. The molecule has 1 aliphatic carbocycles. The smallest absolute Gasteiger partial charge is 0.0807 e. The summed E-state index contributed by atoms with van der Waals surface area (Å²) in [4.78, 5) is 0. The monoisotopic (exact) mass is 247 g/mol. The molecule has 2 aromatic rings. The zero-order valence-corrected chi connectivity index (χ0v) is 10.2. The van der Waals surface area contributed by atoms with Crippen molar-refractivity contribution in [3.05, 3.63) is 52.8 Å². The number of nitrogens with zero attached hydrogens (tertiary/aromatic N) is 1. The molecule has 0 bridgehead atoms. The summed E-state index contributed by atoms with van der Waals surface area (Å²) < 4.78 is 2.10. The van der Waals surface area contributed by atoms with Crippen LogP contribution < -0.4 is 0 Å². The molecule has 0 saturated carbocycles. The van der Waals surface area contributed by atoms with Crippen molar-refractivity contribution in [3.63, 3.8) is 0 Å². The second kappa shape index (κ2) is 4.21. The van der Waals surface area contributed by atoms with Gasteiger partial charge in [-0.1, -0.05) is 23.7 Å². The minimum absolute atomic E-state index is 0.317. The lowest BCUT2D eigenvalue weighted by Crippen LogP contribution is -2.11. The first-order valence-electron chi connectivity index (χ1n) is 5.90. The fraction of sp³-hybridized carbons (Fsp3) is 0.286. The van der Waals surface area contributed by atoms with E-state index >= 15 is 0 Å². The Morgan fingerprint density at radius 1 is 1.24 bits per heavy atom. The summed E-state index contributed by atoms with van der Waals surface area (Å²) in [6, 6.07) is 9.80. The van der Waals surface area contributed by atoms with Gasteiger partial charge in [-0.3, -0.25) is 0 Å². The number of benzene rings is 1. The highest BCUT2D eigenvalue weighted by molar-refractivity contribution is 6.32. The second-order valence-electron chi connectivity index (χ2n) is 4.45. The lowest BCUT2D eigenvalue weighted by molar-refractivity contribution is 0.156. The third-order valence-electron chi connectivity index (χ3n) is 3.39. The van der Waals surface area contributed by atoms with E-state index in [2.05, 4.69) is 4.57 Å². The van der Waals surface area contributed by atoms with Crippen molar-refractivity contribution in [2.24, 2.45) is 0 Å². The van der Waals surface area contributed by atoms with Crippen molar-refractivity contribution in [1.82, 2.24) is 4.57 Å². The minimum atomic E-state index is -0.317. The number of aromatic nitrogens is 1. The van der Waals surface area contributed by atoms with Gasteiger partial charge in [-0.2, -0.15) is 0 Å². The Hall–Kier alpha value is -1.25. The highest BCUT2D eigenvalue weighted by atomic mass is 35.5. The largest absolute Gasteiger partial charge is 0.388 e. The Kier molecular flexibility index (Phi) is 2.69. The van der Waals surface area contributed by atoms with Crippen LogP contribution in [0.25, 0.3) is 5.69 Å². The van der Waals surface area contributed by atoms with E-state index in [0.717, 1.165) is 35.5 Å². The number of fused-ring (bicyclic) bond motifs is 1. The molecular formula is C14H14ClNO. The van der Waals surface area contributed by atoms with Crippen LogP contribution in [0.2, 0.25) is 5.02 Å². The average Bonchev–Trinajstić information content (AvgIpc) is 2.75. The van der Waals surface area contributed by atoms with Gasteiger partial charge in [-0.25, -0.2) is 0 Å². The van der Waals surface area contributed by atoms with Gasteiger partial charge in [0.25, 0.3) is 0 Å². The topological polar surface area (TPSA) is 25.2 Å². The Morgan fingerprint density at radius 3 is 2.88 bits per heavy atom. The first-order chi connectivity index (χ1) is 8.27. The summed E-state index contributed by atoms with van der Waals surface area (Å²) in [6.45, 7) is 0. The van der Waals surface area contributed by atoms with Crippen LogP contribution in [-0.4, -0.2) is 9.67 Å². The van der Waals surface area contributed by atoms with E-state index in [0.29, 0.717) is 0 Å². The molecule has 88 valence electrons. The van der Waals surface area contributed by atoms with Crippen LogP contribution >= 0.6 is 11.6 Å². The van der Waals surface area contributed by atoms with Crippen molar-refractivity contribution < 1.29 is 5.11 Å². The molecule has 0 aliphatic heterocycles. The fourth-order valence-corrected chi connectivity index (χ4v) is 2.77. The number of aliphatic hydroxyl groups excluding tert-OH is 1. The predicted molar refractivity (Wildman–Crippen MR) is 68.7 cm³/mol. The number of para-hydroxylation sites is 1. The molecule has 1 unspecified atom stereocenters. The Morgan fingerprint density at radius 2 is 2.06 bits per heavy atom. The molecule has 3 heteroatoms. The van der Waals surface area contributed by atoms with Crippen molar-refractivity contribution in [2.75, 3.05) is 0 Å². The van der Waals surface area contributed by atoms with Gasteiger partial charge in [-0.05, 0) is 37.5 Å². The van der Waals surface area contributed by atoms with Gasteiger partial charge in [0.2, 0.25) is 0 Å². The molecule has 3 rings (SSSR count). The molecule has 1 atom stereocenters. The molecular weight excluding hydrogens is 234 g/mol. The summed E-state index contributed by atoms with van der Waals surface area (Å²) in [5.74, 6) is 0. The van der Waals surface area contributed by atoms with Crippen LogP contribution in [-0.2, 0) is 6.42 Å². The third-order valence-corrected chi connectivity index (χ3v) is 3.71. The molecule has 0 saturated heterocycles. The van der Waals surface area contributed by atoms with Crippen molar-refractivity contribution >= 4 is 11.6 Å². The third kappa shape index (κ3) is 1.78. The first-order valence-corrected chi connectivity index (χ1v) is 6.28. The summed E-state index contributed by atoms with van der Waals surface area (Å²) in [5, 5.41) is 10.7. The Bertz CT molecular complexity index is 547. The second-order valence-corrected chi connectivity index (χ2v) is 4.85. The van der Waals surface area contributed by atoms with Crippen LogP contribution in [0.1, 0.15) is 30.2 Å². The highest BCUT2D eigenvalue weighted by Gasteiger charge is 2.22. The van der Waals surface area contributed by atoms with E-state index in [1.165, 1.54) is 5.69 Å². The minimum Gasteiger partial charge on any atom is -0.388 e. The predicted octanol–water partition coefficient (Wildman–Crippen LogP) is 3.50. The van der Waals surface area contributed by atoms with Gasteiger partial charge in [0.15, 0.2) is 0 Å². The van der Waals surface area contributed by atoms with E-state index in [-0.39, 0.29) is 6.10 Å². The molecule has 0 radical (unpaired) electrons. The molecule has 1 N–H and O–H groups in total. The standard InChI is InChI=1S/C14H14ClNO/c15-11-4-1-2-5-13(11)16-9-8-10-12(16)6-3-7-14(10)17/h1-2,4-5,8-9,14,17H,3,6-7H2. The zero-order chi connectivity index (χ0) is 11.8. The SMILES string of the molecule is OC1CCCc2c1ccn2-c1ccccc1Cl. The van der Waals surface area contributed by atoms with Crippen LogP contribution in [0.15, 0.2) is 36.5 Å². The Labute approximate surface area is 105 Å². The quantitative estimate of drug-likeness (QED) is 0.820. The number of hydrogen-bond donors (Lipinski definition) is 1. The number of halogens is 1. The van der Waals surface area contributed by atoms with E-state index in [9.17, 15) is 5.11 Å². The molecule has 1 heterocycles. The van der Waals surface area contributed by atoms with Crippen molar-refractivity contribution in [1.29, 1.82) is 0 Å². The normalized spacial score (nSPS) is 19.1. The van der Waals surface area contributed by atoms with Crippen LogP contribution in [0.3, 0.4) is 0 Å².